The van der Waals surface area contributed by atoms with E-state index in [1.165, 1.54) is 12.1 Å². The van der Waals surface area contributed by atoms with E-state index in [0.29, 0.717) is 25.3 Å². The van der Waals surface area contributed by atoms with Crippen molar-refractivity contribution in [3.63, 3.8) is 0 Å². The standard InChI is InChI=1S/C11H11FN2O2/c12-9-2-1-7(11(15)8(9)5-13)10-6-16-4-3-14-10/h1-2,10,14-15H,3-4,6H2/t10-/m1/s1. The van der Waals surface area contributed by atoms with E-state index in [4.69, 9.17) is 10.00 Å². The van der Waals surface area contributed by atoms with Crippen LogP contribution in [-0.4, -0.2) is 24.9 Å². The maximum atomic E-state index is 13.2. The largest absolute Gasteiger partial charge is 0.506 e. The Balaban J connectivity index is 2.38. The lowest BCUT2D eigenvalue weighted by Gasteiger charge is -2.25. The summed E-state index contributed by atoms with van der Waals surface area (Å²) in [6.07, 6.45) is 0. The van der Waals surface area contributed by atoms with Crippen LogP contribution in [0.4, 0.5) is 4.39 Å². The minimum absolute atomic E-state index is 0.193. The highest BCUT2D eigenvalue weighted by Crippen LogP contribution is 2.30. The van der Waals surface area contributed by atoms with Gasteiger partial charge >= 0.3 is 0 Å². The van der Waals surface area contributed by atoms with Gasteiger partial charge in [0.2, 0.25) is 0 Å². The highest BCUT2D eigenvalue weighted by atomic mass is 19.1. The fourth-order valence-electron chi connectivity index (χ4n) is 1.74. The van der Waals surface area contributed by atoms with E-state index in [2.05, 4.69) is 5.32 Å². The summed E-state index contributed by atoms with van der Waals surface area (Å²) in [6.45, 7) is 1.69. The van der Waals surface area contributed by atoms with Gasteiger partial charge in [0.25, 0.3) is 0 Å². The van der Waals surface area contributed by atoms with Gasteiger partial charge in [0, 0.05) is 12.1 Å². The van der Waals surface area contributed by atoms with Gasteiger partial charge in [-0.3, -0.25) is 0 Å². The molecule has 2 rings (SSSR count). The summed E-state index contributed by atoms with van der Waals surface area (Å²) in [4.78, 5) is 0. The van der Waals surface area contributed by atoms with Crippen molar-refractivity contribution < 1.29 is 14.2 Å². The van der Waals surface area contributed by atoms with Crippen LogP contribution in [0.5, 0.6) is 5.75 Å². The van der Waals surface area contributed by atoms with Crippen LogP contribution >= 0.6 is 0 Å². The fraction of sp³-hybridized carbons (Fsp3) is 0.364. The van der Waals surface area contributed by atoms with Gasteiger partial charge in [-0.25, -0.2) is 4.39 Å². The van der Waals surface area contributed by atoms with Crippen LogP contribution in [0.2, 0.25) is 0 Å². The Bertz CT molecular complexity index is 436. The summed E-state index contributed by atoms with van der Waals surface area (Å²) in [5.74, 6) is -1.01. The Morgan fingerprint density at radius 1 is 1.56 bits per heavy atom. The molecule has 0 aromatic heterocycles. The van der Waals surface area contributed by atoms with Gasteiger partial charge in [0.05, 0.1) is 19.3 Å². The molecule has 16 heavy (non-hydrogen) atoms. The number of phenols is 1. The third-order valence-electron chi connectivity index (χ3n) is 2.57. The molecule has 0 amide bonds. The lowest BCUT2D eigenvalue weighted by atomic mass is 10.0. The number of aromatic hydroxyl groups is 1. The number of phenolic OH excluding ortho intramolecular Hbond substituents is 1. The summed E-state index contributed by atoms with van der Waals surface area (Å²) in [5, 5.41) is 21.6. The number of halogens is 1. The molecule has 1 atom stereocenters. The highest BCUT2D eigenvalue weighted by molar-refractivity contribution is 5.49. The Hall–Kier alpha value is -1.64. The van der Waals surface area contributed by atoms with Crippen molar-refractivity contribution in [2.24, 2.45) is 0 Å². The monoisotopic (exact) mass is 222 g/mol. The Morgan fingerprint density at radius 3 is 3.00 bits per heavy atom. The second kappa shape index (κ2) is 4.47. The zero-order chi connectivity index (χ0) is 11.5. The quantitative estimate of drug-likeness (QED) is 0.745. The first-order valence-electron chi connectivity index (χ1n) is 4.96. The molecule has 0 saturated carbocycles. The smallest absolute Gasteiger partial charge is 0.144 e. The van der Waals surface area contributed by atoms with Crippen LogP contribution in [-0.2, 0) is 4.74 Å². The normalized spacial score (nSPS) is 20.4. The van der Waals surface area contributed by atoms with Gasteiger partial charge < -0.3 is 15.2 Å². The molecule has 1 fully saturated rings. The number of rotatable bonds is 1. The first-order chi connectivity index (χ1) is 7.74. The summed E-state index contributed by atoms with van der Waals surface area (Å²) in [6, 6.07) is 4.11. The first-order valence-corrected chi connectivity index (χ1v) is 4.96. The van der Waals surface area contributed by atoms with E-state index in [1.807, 2.05) is 0 Å². The second-order valence-corrected chi connectivity index (χ2v) is 3.55. The summed E-state index contributed by atoms with van der Waals surface area (Å²) in [5.41, 5.74) is 0.183. The number of benzene rings is 1. The van der Waals surface area contributed by atoms with Gasteiger partial charge in [0.15, 0.2) is 0 Å². The van der Waals surface area contributed by atoms with Crippen molar-refractivity contribution in [2.75, 3.05) is 19.8 Å². The predicted molar refractivity (Wildman–Crippen MR) is 54.3 cm³/mol. The van der Waals surface area contributed by atoms with Gasteiger partial charge in [0.1, 0.15) is 23.2 Å². The summed E-state index contributed by atoms with van der Waals surface area (Å²) < 4.78 is 18.4. The minimum atomic E-state index is -0.708. The zero-order valence-electron chi connectivity index (χ0n) is 8.53. The molecule has 2 N–H and O–H groups in total. The van der Waals surface area contributed by atoms with E-state index in [-0.39, 0.29) is 17.4 Å². The number of nitrogens with one attached hydrogen (secondary N) is 1. The van der Waals surface area contributed by atoms with Crippen LogP contribution in [0.1, 0.15) is 17.2 Å². The molecule has 1 heterocycles. The molecule has 5 heteroatoms. The number of hydrogen-bond donors (Lipinski definition) is 2. The van der Waals surface area contributed by atoms with Gasteiger partial charge in [-0.2, -0.15) is 5.26 Å². The van der Waals surface area contributed by atoms with E-state index in [9.17, 15) is 9.50 Å². The molecule has 1 aromatic carbocycles. The zero-order valence-corrected chi connectivity index (χ0v) is 8.53. The Labute approximate surface area is 92.3 Å². The summed E-state index contributed by atoms with van der Waals surface area (Å²) in [7, 11) is 0. The summed E-state index contributed by atoms with van der Waals surface area (Å²) >= 11 is 0. The molecule has 0 radical (unpaired) electrons. The lowest BCUT2D eigenvalue weighted by Crippen LogP contribution is -2.34. The van der Waals surface area contributed by atoms with Crippen molar-refractivity contribution in [1.29, 1.82) is 5.26 Å². The molecule has 0 spiro atoms. The number of nitriles is 1. The van der Waals surface area contributed by atoms with E-state index >= 15 is 0 Å². The fourth-order valence-corrected chi connectivity index (χ4v) is 1.74. The number of hydrogen-bond acceptors (Lipinski definition) is 4. The molecule has 1 aromatic rings. The third-order valence-corrected chi connectivity index (χ3v) is 2.57. The van der Waals surface area contributed by atoms with Gasteiger partial charge in [-0.05, 0) is 6.07 Å². The highest BCUT2D eigenvalue weighted by Gasteiger charge is 2.21. The topological polar surface area (TPSA) is 65.3 Å². The van der Waals surface area contributed by atoms with E-state index < -0.39 is 5.82 Å². The average molecular weight is 222 g/mol. The number of ether oxygens (including phenoxy) is 1. The molecule has 1 aliphatic heterocycles. The molecule has 1 saturated heterocycles. The molecular weight excluding hydrogens is 211 g/mol. The predicted octanol–water partition coefficient (Wildman–Crippen LogP) is 1.06. The Kier molecular flexibility index (Phi) is 3.04. The molecule has 0 aliphatic carbocycles. The molecule has 0 unspecified atom stereocenters. The average Bonchev–Trinajstić information content (AvgIpc) is 2.31. The van der Waals surface area contributed by atoms with Crippen LogP contribution in [0.25, 0.3) is 0 Å². The van der Waals surface area contributed by atoms with Crippen LogP contribution < -0.4 is 5.32 Å². The molecule has 84 valence electrons. The second-order valence-electron chi connectivity index (χ2n) is 3.55. The lowest BCUT2D eigenvalue weighted by molar-refractivity contribution is 0.0760. The van der Waals surface area contributed by atoms with Crippen LogP contribution in [0.3, 0.4) is 0 Å². The molecular formula is C11H11FN2O2. The van der Waals surface area contributed by atoms with Gasteiger partial charge in [-0.15, -0.1) is 0 Å². The van der Waals surface area contributed by atoms with E-state index in [0.717, 1.165) is 0 Å². The van der Waals surface area contributed by atoms with Crippen molar-refractivity contribution in [3.05, 3.63) is 29.1 Å². The van der Waals surface area contributed by atoms with Gasteiger partial charge in [-0.1, -0.05) is 6.07 Å². The maximum Gasteiger partial charge on any atom is 0.144 e. The van der Waals surface area contributed by atoms with E-state index in [1.54, 1.807) is 6.07 Å². The number of nitrogens with zero attached hydrogens (tertiary/aromatic N) is 1. The van der Waals surface area contributed by atoms with Crippen molar-refractivity contribution in [3.8, 4) is 11.8 Å². The van der Waals surface area contributed by atoms with Crippen molar-refractivity contribution >= 4 is 0 Å². The number of morpholine rings is 1. The first kappa shape index (κ1) is 10.9. The Morgan fingerprint density at radius 2 is 2.38 bits per heavy atom. The third kappa shape index (κ3) is 1.85. The van der Waals surface area contributed by atoms with Crippen molar-refractivity contribution in [2.45, 2.75) is 6.04 Å². The SMILES string of the molecule is N#Cc1c(F)ccc([C@H]2COCCN2)c1O. The van der Waals surface area contributed by atoms with Crippen LogP contribution in [0.15, 0.2) is 12.1 Å². The molecule has 1 aliphatic rings. The molecule has 4 nitrogen and oxygen atoms in total. The minimum Gasteiger partial charge on any atom is -0.506 e. The van der Waals surface area contributed by atoms with Crippen LogP contribution in [0, 0.1) is 17.1 Å². The molecule has 0 bridgehead atoms. The van der Waals surface area contributed by atoms with Crippen molar-refractivity contribution in [1.82, 2.24) is 5.32 Å². The maximum absolute atomic E-state index is 13.2.